The monoisotopic (exact) mass is 393 g/mol. The molecule has 26 heavy (non-hydrogen) atoms. The number of nitrogens with zero attached hydrogens (tertiary/aromatic N) is 2. The number of thioether (sulfide) groups is 1. The van der Waals surface area contributed by atoms with Crippen molar-refractivity contribution in [3.8, 4) is 0 Å². The zero-order valence-electron chi connectivity index (χ0n) is 15.8. The summed E-state index contributed by atoms with van der Waals surface area (Å²) in [7, 11) is 0. The van der Waals surface area contributed by atoms with Crippen molar-refractivity contribution in [1.82, 2.24) is 14.9 Å². The number of thiophene rings is 1. The van der Waals surface area contributed by atoms with Gasteiger partial charge >= 0.3 is 0 Å². The summed E-state index contributed by atoms with van der Waals surface area (Å²) in [6.45, 7) is 8.23. The molecule has 5 nitrogen and oxygen atoms in total. The van der Waals surface area contributed by atoms with Crippen LogP contribution in [0.3, 0.4) is 0 Å². The van der Waals surface area contributed by atoms with Crippen LogP contribution in [-0.4, -0.2) is 39.6 Å². The van der Waals surface area contributed by atoms with Crippen molar-refractivity contribution >= 4 is 39.2 Å². The highest BCUT2D eigenvalue weighted by Gasteiger charge is 2.19. The van der Waals surface area contributed by atoms with Crippen LogP contribution in [0.5, 0.6) is 0 Å². The molecule has 0 aliphatic carbocycles. The average Bonchev–Trinajstić information content (AvgIpc) is 3.23. The van der Waals surface area contributed by atoms with Crippen LogP contribution in [0.15, 0.2) is 4.79 Å². The van der Waals surface area contributed by atoms with Crippen molar-refractivity contribution in [3.63, 3.8) is 0 Å². The second-order valence-electron chi connectivity index (χ2n) is 7.13. The highest BCUT2D eigenvalue weighted by atomic mass is 32.2. The largest absolute Gasteiger partial charge is 0.342 e. The molecule has 1 amide bonds. The number of fused-ring (bicyclic) bond motifs is 1. The maximum atomic E-state index is 12.6. The summed E-state index contributed by atoms with van der Waals surface area (Å²) in [6.07, 6.45) is 4.24. The van der Waals surface area contributed by atoms with Gasteiger partial charge in [0.05, 0.1) is 16.9 Å². The summed E-state index contributed by atoms with van der Waals surface area (Å²) in [6, 6.07) is 0. The Morgan fingerprint density at radius 3 is 2.81 bits per heavy atom. The Hall–Kier alpha value is -1.34. The van der Waals surface area contributed by atoms with Gasteiger partial charge in [0.25, 0.3) is 5.56 Å². The van der Waals surface area contributed by atoms with E-state index in [0.29, 0.717) is 23.2 Å². The molecule has 1 saturated heterocycles. The SMILES string of the molecule is CC[C@@H](C)Cc1c(C)sc2nc(CSCC(=O)N3CCCC3)[nH]c(=O)c12. The van der Waals surface area contributed by atoms with E-state index in [-0.39, 0.29) is 11.5 Å². The van der Waals surface area contributed by atoms with Crippen molar-refractivity contribution in [1.29, 1.82) is 0 Å². The minimum atomic E-state index is -0.0425. The number of likely N-dealkylation sites (tertiary alicyclic amines) is 1. The molecule has 0 saturated carbocycles. The highest BCUT2D eigenvalue weighted by molar-refractivity contribution is 7.99. The molecule has 1 aliphatic rings. The summed E-state index contributed by atoms with van der Waals surface area (Å²) < 4.78 is 0. The standard InChI is InChI=1S/C19H27N3O2S2/c1-4-12(2)9-14-13(3)26-19-17(14)18(24)20-15(21-19)10-25-11-16(23)22-7-5-6-8-22/h12H,4-11H2,1-3H3,(H,20,21,24)/t12-/m1/s1. The molecular formula is C19H27N3O2S2. The summed E-state index contributed by atoms with van der Waals surface area (Å²) in [5, 5.41) is 0.759. The minimum Gasteiger partial charge on any atom is -0.342 e. The second-order valence-corrected chi connectivity index (χ2v) is 9.32. The molecule has 1 N–H and O–H groups in total. The summed E-state index contributed by atoms with van der Waals surface area (Å²) in [5.41, 5.74) is 1.11. The highest BCUT2D eigenvalue weighted by Crippen LogP contribution is 2.29. The number of carbonyl (C=O) groups excluding carboxylic acids is 1. The third-order valence-electron chi connectivity index (χ3n) is 5.08. The van der Waals surface area contributed by atoms with E-state index in [0.717, 1.165) is 54.6 Å². The van der Waals surface area contributed by atoms with E-state index in [2.05, 4.69) is 30.7 Å². The number of hydrogen-bond acceptors (Lipinski definition) is 5. The van der Waals surface area contributed by atoms with Crippen LogP contribution in [0.1, 0.15) is 49.4 Å². The van der Waals surface area contributed by atoms with E-state index >= 15 is 0 Å². The molecule has 3 rings (SSSR count). The van der Waals surface area contributed by atoms with Crippen LogP contribution in [-0.2, 0) is 17.0 Å². The lowest BCUT2D eigenvalue weighted by atomic mass is 9.98. The first-order valence-electron chi connectivity index (χ1n) is 9.36. The Labute approximate surface area is 162 Å². The van der Waals surface area contributed by atoms with Crippen LogP contribution < -0.4 is 5.56 Å². The smallest absolute Gasteiger partial charge is 0.259 e. The molecule has 7 heteroatoms. The maximum Gasteiger partial charge on any atom is 0.259 e. The van der Waals surface area contributed by atoms with Crippen LogP contribution in [0, 0.1) is 12.8 Å². The molecule has 0 unspecified atom stereocenters. The number of rotatable bonds is 7. The Morgan fingerprint density at radius 2 is 2.12 bits per heavy atom. The van der Waals surface area contributed by atoms with Crippen molar-refractivity contribution in [2.45, 2.75) is 52.2 Å². The number of amides is 1. The minimum absolute atomic E-state index is 0.0425. The van der Waals surface area contributed by atoms with E-state index in [1.807, 2.05) is 4.90 Å². The van der Waals surface area contributed by atoms with Crippen molar-refractivity contribution in [2.24, 2.45) is 5.92 Å². The van der Waals surface area contributed by atoms with E-state index in [9.17, 15) is 9.59 Å². The van der Waals surface area contributed by atoms with E-state index in [4.69, 9.17) is 0 Å². The van der Waals surface area contributed by atoms with Crippen LogP contribution in [0.4, 0.5) is 0 Å². The third kappa shape index (κ3) is 4.31. The lowest BCUT2D eigenvalue weighted by Gasteiger charge is -2.14. The van der Waals surface area contributed by atoms with Gasteiger partial charge in [-0.05, 0) is 37.7 Å². The first-order chi connectivity index (χ1) is 12.5. The van der Waals surface area contributed by atoms with Gasteiger partial charge in [-0.2, -0.15) is 0 Å². The van der Waals surface area contributed by atoms with Crippen molar-refractivity contribution in [2.75, 3.05) is 18.8 Å². The second kappa shape index (κ2) is 8.57. The summed E-state index contributed by atoms with van der Waals surface area (Å²) in [5.74, 6) is 2.42. The number of carbonyl (C=O) groups is 1. The Balaban J connectivity index is 1.70. The van der Waals surface area contributed by atoms with Gasteiger partial charge in [-0.1, -0.05) is 20.3 Å². The zero-order valence-corrected chi connectivity index (χ0v) is 17.4. The third-order valence-corrected chi connectivity index (χ3v) is 7.05. The zero-order chi connectivity index (χ0) is 18.7. The van der Waals surface area contributed by atoms with Gasteiger partial charge in [-0.25, -0.2) is 4.98 Å². The molecule has 2 aromatic heterocycles. The predicted molar refractivity (Wildman–Crippen MR) is 110 cm³/mol. The maximum absolute atomic E-state index is 12.6. The van der Waals surface area contributed by atoms with Gasteiger partial charge in [0.1, 0.15) is 10.7 Å². The molecule has 1 fully saturated rings. The quantitative estimate of drug-likeness (QED) is 0.778. The Bertz CT molecular complexity index is 837. The van der Waals surface area contributed by atoms with E-state index < -0.39 is 0 Å². The van der Waals surface area contributed by atoms with Gasteiger partial charge in [-0.3, -0.25) is 9.59 Å². The molecule has 0 spiro atoms. The Morgan fingerprint density at radius 1 is 1.38 bits per heavy atom. The predicted octanol–water partition coefficient (Wildman–Crippen LogP) is 3.74. The normalized spacial score (nSPS) is 15.7. The van der Waals surface area contributed by atoms with Crippen molar-refractivity contribution < 1.29 is 4.79 Å². The van der Waals surface area contributed by atoms with Gasteiger partial charge in [0.15, 0.2) is 0 Å². The number of aryl methyl sites for hydroxylation is 1. The lowest BCUT2D eigenvalue weighted by molar-refractivity contribution is -0.127. The number of aromatic nitrogens is 2. The molecule has 2 aromatic rings. The van der Waals surface area contributed by atoms with Gasteiger partial charge in [0.2, 0.25) is 5.91 Å². The van der Waals surface area contributed by atoms with Crippen molar-refractivity contribution in [3.05, 3.63) is 26.6 Å². The van der Waals surface area contributed by atoms with Gasteiger partial charge in [-0.15, -0.1) is 23.1 Å². The number of H-pyrrole nitrogens is 1. The Kier molecular flexibility index (Phi) is 6.40. The lowest BCUT2D eigenvalue weighted by Crippen LogP contribution is -2.29. The summed E-state index contributed by atoms with van der Waals surface area (Å²) in [4.78, 5) is 36.3. The van der Waals surface area contributed by atoms with Gasteiger partial charge in [0, 0.05) is 18.0 Å². The molecule has 0 radical (unpaired) electrons. The number of hydrogen-bond donors (Lipinski definition) is 1. The van der Waals surface area contributed by atoms with Crippen LogP contribution in [0.2, 0.25) is 0 Å². The van der Waals surface area contributed by atoms with Gasteiger partial charge < -0.3 is 9.88 Å². The van der Waals surface area contributed by atoms with E-state index in [1.165, 1.54) is 16.6 Å². The fourth-order valence-corrected chi connectivity index (χ4v) is 5.18. The van der Waals surface area contributed by atoms with Crippen LogP contribution >= 0.6 is 23.1 Å². The molecular weight excluding hydrogens is 366 g/mol. The topological polar surface area (TPSA) is 66.1 Å². The number of nitrogens with one attached hydrogen (secondary N) is 1. The molecule has 0 aromatic carbocycles. The number of aromatic amines is 1. The molecule has 142 valence electrons. The molecule has 1 atom stereocenters. The first-order valence-corrected chi connectivity index (χ1v) is 11.3. The van der Waals surface area contributed by atoms with Crippen LogP contribution in [0.25, 0.3) is 10.2 Å². The van der Waals surface area contributed by atoms with E-state index in [1.54, 1.807) is 11.3 Å². The molecule has 1 aliphatic heterocycles. The first kappa shape index (κ1) is 19.4. The average molecular weight is 394 g/mol. The fourth-order valence-electron chi connectivity index (χ4n) is 3.32. The summed E-state index contributed by atoms with van der Waals surface area (Å²) >= 11 is 3.13. The molecule has 3 heterocycles. The fraction of sp³-hybridized carbons (Fsp3) is 0.632. The molecule has 0 bridgehead atoms.